The Kier molecular flexibility index (Phi) is 2.89. The van der Waals surface area contributed by atoms with Crippen molar-refractivity contribution in [2.24, 2.45) is 0 Å². The molecule has 0 aromatic heterocycles. The Morgan fingerprint density at radius 3 is 3.06 bits per heavy atom. The number of carbonyl (C=O) groups excluding carboxylic acids is 1. The highest BCUT2D eigenvalue weighted by molar-refractivity contribution is 6.02. The molecule has 1 amide bonds. The van der Waals surface area contributed by atoms with Crippen LogP contribution in [0.5, 0.6) is 0 Å². The van der Waals surface area contributed by atoms with Gasteiger partial charge in [-0.05, 0) is 25.1 Å². The van der Waals surface area contributed by atoms with Crippen molar-refractivity contribution >= 4 is 11.6 Å². The van der Waals surface area contributed by atoms with Crippen LogP contribution in [0.25, 0.3) is 0 Å². The van der Waals surface area contributed by atoms with Crippen molar-refractivity contribution in [3.8, 4) is 0 Å². The number of anilines is 1. The number of fused-ring (bicyclic) bond motifs is 1. The van der Waals surface area contributed by atoms with Gasteiger partial charge in [-0.15, -0.1) is 0 Å². The highest BCUT2D eigenvalue weighted by Gasteiger charge is 2.30. The fourth-order valence-electron chi connectivity index (χ4n) is 1.72. The van der Waals surface area contributed by atoms with Crippen LogP contribution in [-0.4, -0.2) is 23.7 Å². The van der Waals surface area contributed by atoms with Crippen molar-refractivity contribution < 1.29 is 14.3 Å². The fraction of sp³-hybridized carbons (Fsp3) is 0.364. The minimum absolute atomic E-state index is 0.221. The van der Waals surface area contributed by atoms with Gasteiger partial charge in [-0.2, -0.15) is 0 Å². The Balaban J connectivity index is 2.21. The molecule has 2 atom stereocenters. The number of amides is 1. The summed E-state index contributed by atoms with van der Waals surface area (Å²) in [6.45, 7) is 1.90. The monoisotopic (exact) mass is 224 g/mol. The Bertz CT molecular complexity index is 420. The first-order valence-electron chi connectivity index (χ1n) is 5.09. The van der Waals surface area contributed by atoms with Gasteiger partial charge in [0, 0.05) is 17.8 Å². The molecule has 3 N–H and O–H groups in total. The summed E-state index contributed by atoms with van der Waals surface area (Å²) in [6, 6.07) is 3.58. The smallest absolute Gasteiger partial charge is 0.246 e. The van der Waals surface area contributed by atoms with Crippen LogP contribution in [0.4, 0.5) is 10.1 Å². The van der Waals surface area contributed by atoms with Crippen molar-refractivity contribution in [3.05, 3.63) is 29.6 Å². The van der Waals surface area contributed by atoms with Gasteiger partial charge in [-0.3, -0.25) is 10.1 Å². The normalized spacial score (nSPS) is 20.4. The van der Waals surface area contributed by atoms with E-state index in [1.807, 2.05) is 0 Å². The van der Waals surface area contributed by atoms with Gasteiger partial charge in [0.2, 0.25) is 5.91 Å². The molecule has 1 aliphatic rings. The standard InChI is InChI=1S/C11H13FN2O2/c1-6(15)5-13-10-8-4-7(12)2-3-9(8)14-11(10)16/h2-4,6,10,13,15H,5H2,1H3,(H,14,16). The molecule has 4 nitrogen and oxygen atoms in total. The number of hydrogen-bond acceptors (Lipinski definition) is 3. The van der Waals surface area contributed by atoms with Crippen molar-refractivity contribution in [1.82, 2.24) is 5.32 Å². The first-order chi connectivity index (χ1) is 7.58. The molecule has 0 fully saturated rings. The highest BCUT2D eigenvalue weighted by Crippen LogP contribution is 2.30. The third kappa shape index (κ3) is 2.05. The summed E-state index contributed by atoms with van der Waals surface area (Å²) < 4.78 is 13.0. The lowest BCUT2D eigenvalue weighted by Crippen LogP contribution is -2.32. The Morgan fingerprint density at radius 1 is 1.62 bits per heavy atom. The van der Waals surface area contributed by atoms with Crippen LogP contribution < -0.4 is 10.6 Å². The van der Waals surface area contributed by atoms with Gasteiger partial charge in [0.1, 0.15) is 11.9 Å². The summed E-state index contributed by atoms with van der Waals surface area (Å²) in [5.41, 5.74) is 1.21. The van der Waals surface area contributed by atoms with E-state index in [4.69, 9.17) is 5.11 Å². The van der Waals surface area contributed by atoms with Crippen molar-refractivity contribution in [2.45, 2.75) is 19.1 Å². The van der Waals surface area contributed by atoms with Gasteiger partial charge in [0.05, 0.1) is 6.10 Å². The molecule has 5 heteroatoms. The molecular formula is C11H13FN2O2. The molecule has 1 heterocycles. The maximum absolute atomic E-state index is 13.0. The van der Waals surface area contributed by atoms with E-state index in [0.29, 0.717) is 11.3 Å². The van der Waals surface area contributed by atoms with E-state index in [2.05, 4.69) is 10.6 Å². The molecule has 1 aliphatic heterocycles. The van der Waals surface area contributed by atoms with Crippen LogP contribution in [0.3, 0.4) is 0 Å². The summed E-state index contributed by atoms with van der Waals surface area (Å²) in [5.74, 6) is -0.597. The summed E-state index contributed by atoms with van der Waals surface area (Å²) in [4.78, 5) is 11.6. The number of carbonyl (C=O) groups is 1. The molecule has 0 saturated carbocycles. The molecule has 1 aromatic carbocycles. The molecule has 0 spiro atoms. The molecule has 0 aliphatic carbocycles. The van der Waals surface area contributed by atoms with Gasteiger partial charge in [0.15, 0.2) is 0 Å². The lowest BCUT2D eigenvalue weighted by molar-refractivity contribution is -0.117. The maximum Gasteiger partial charge on any atom is 0.246 e. The topological polar surface area (TPSA) is 61.4 Å². The fourth-order valence-corrected chi connectivity index (χ4v) is 1.72. The predicted molar refractivity (Wildman–Crippen MR) is 57.5 cm³/mol. The minimum atomic E-state index is -0.583. The number of hydrogen-bond donors (Lipinski definition) is 3. The van der Waals surface area contributed by atoms with E-state index >= 15 is 0 Å². The Labute approximate surface area is 92.5 Å². The Hall–Kier alpha value is -1.46. The second-order valence-corrected chi connectivity index (χ2v) is 3.91. The number of rotatable bonds is 3. The first kappa shape index (κ1) is 11.0. The zero-order valence-corrected chi connectivity index (χ0v) is 8.83. The first-order valence-corrected chi connectivity index (χ1v) is 5.09. The van der Waals surface area contributed by atoms with E-state index in [1.54, 1.807) is 6.92 Å². The lowest BCUT2D eigenvalue weighted by atomic mass is 10.1. The predicted octanol–water partition coefficient (Wildman–Crippen LogP) is 0.789. The molecule has 16 heavy (non-hydrogen) atoms. The third-order valence-electron chi connectivity index (χ3n) is 2.46. The van der Waals surface area contributed by atoms with Crippen LogP contribution in [0.1, 0.15) is 18.5 Å². The summed E-state index contributed by atoms with van der Waals surface area (Å²) in [7, 11) is 0. The third-order valence-corrected chi connectivity index (χ3v) is 2.46. The number of aliphatic hydroxyl groups is 1. The van der Waals surface area contributed by atoms with E-state index in [-0.39, 0.29) is 18.3 Å². The second-order valence-electron chi connectivity index (χ2n) is 3.91. The zero-order chi connectivity index (χ0) is 11.7. The van der Waals surface area contributed by atoms with Crippen molar-refractivity contribution in [2.75, 3.05) is 11.9 Å². The second kappa shape index (κ2) is 4.19. The van der Waals surface area contributed by atoms with Crippen LogP contribution in [0.2, 0.25) is 0 Å². The zero-order valence-electron chi connectivity index (χ0n) is 8.83. The number of nitrogens with one attached hydrogen (secondary N) is 2. The quantitative estimate of drug-likeness (QED) is 0.711. The molecule has 1 aromatic rings. The van der Waals surface area contributed by atoms with E-state index in [0.717, 1.165) is 0 Å². The Morgan fingerprint density at radius 2 is 2.38 bits per heavy atom. The van der Waals surface area contributed by atoms with Crippen LogP contribution in [0.15, 0.2) is 18.2 Å². The van der Waals surface area contributed by atoms with Gasteiger partial charge < -0.3 is 10.4 Å². The van der Waals surface area contributed by atoms with Gasteiger partial charge in [-0.25, -0.2) is 4.39 Å². The van der Waals surface area contributed by atoms with Crippen molar-refractivity contribution in [1.29, 1.82) is 0 Å². The average Bonchev–Trinajstić information content (AvgIpc) is 2.51. The average molecular weight is 224 g/mol. The maximum atomic E-state index is 13.0. The lowest BCUT2D eigenvalue weighted by Gasteiger charge is -2.12. The molecular weight excluding hydrogens is 211 g/mol. The number of benzene rings is 1. The van der Waals surface area contributed by atoms with Gasteiger partial charge in [-0.1, -0.05) is 0 Å². The minimum Gasteiger partial charge on any atom is -0.392 e. The van der Waals surface area contributed by atoms with E-state index < -0.39 is 12.1 Å². The molecule has 2 rings (SSSR count). The van der Waals surface area contributed by atoms with Crippen LogP contribution in [0, 0.1) is 5.82 Å². The number of halogens is 1. The highest BCUT2D eigenvalue weighted by atomic mass is 19.1. The molecule has 0 saturated heterocycles. The molecule has 0 bridgehead atoms. The summed E-state index contributed by atoms with van der Waals surface area (Å²) >= 11 is 0. The molecule has 2 unspecified atom stereocenters. The van der Waals surface area contributed by atoms with E-state index in [1.165, 1.54) is 18.2 Å². The number of aliphatic hydroxyl groups excluding tert-OH is 1. The van der Waals surface area contributed by atoms with Gasteiger partial charge in [0.25, 0.3) is 0 Å². The largest absolute Gasteiger partial charge is 0.392 e. The van der Waals surface area contributed by atoms with Crippen molar-refractivity contribution in [3.63, 3.8) is 0 Å². The molecule has 86 valence electrons. The van der Waals surface area contributed by atoms with Crippen LogP contribution in [-0.2, 0) is 4.79 Å². The molecule has 0 radical (unpaired) electrons. The SMILES string of the molecule is CC(O)CNC1C(=O)Nc2ccc(F)cc21. The van der Waals surface area contributed by atoms with Gasteiger partial charge >= 0.3 is 0 Å². The summed E-state index contributed by atoms with van der Waals surface area (Å²) in [6.07, 6.45) is -0.551. The van der Waals surface area contributed by atoms with Crippen LogP contribution >= 0.6 is 0 Å². The van der Waals surface area contributed by atoms with E-state index in [9.17, 15) is 9.18 Å². The summed E-state index contributed by atoms with van der Waals surface area (Å²) in [5, 5.41) is 14.7.